The Hall–Kier alpha value is -2.15. The fourth-order valence-electron chi connectivity index (χ4n) is 2.54. The lowest BCUT2D eigenvalue weighted by molar-refractivity contribution is -0.127. The lowest BCUT2D eigenvalue weighted by Crippen LogP contribution is -2.27. The van der Waals surface area contributed by atoms with E-state index in [2.05, 4.69) is 5.92 Å². The number of benzene rings is 1. The van der Waals surface area contributed by atoms with Crippen LogP contribution in [0.15, 0.2) is 18.2 Å². The van der Waals surface area contributed by atoms with Crippen LogP contribution in [0.2, 0.25) is 0 Å². The molecular weight excluding hydrogens is 242 g/mol. The lowest BCUT2D eigenvalue weighted by Gasteiger charge is -2.16. The first-order valence-electron chi connectivity index (χ1n) is 6.39. The third-order valence-corrected chi connectivity index (χ3v) is 3.58. The minimum atomic E-state index is 0.0635. The molecule has 0 aliphatic carbocycles. The maximum Gasteiger partial charge on any atom is 0.231 e. The zero-order valence-electron chi connectivity index (χ0n) is 10.6. The Kier molecular flexibility index (Phi) is 3.04. The van der Waals surface area contributed by atoms with Crippen LogP contribution in [0.1, 0.15) is 12.0 Å². The summed E-state index contributed by atoms with van der Waals surface area (Å²) in [5, 5.41) is 0. The van der Waals surface area contributed by atoms with Crippen molar-refractivity contribution in [3.8, 4) is 23.8 Å². The molecule has 4 nitrogen and oxygen atoms in total. The topological polar surface area (TPSA) is 38.8 Å². The highest BCUT2D eigenvalue weighted by atomic mass is 16.7. The molecule has 1 atom stereocenters. The van der Waals surface area contributed by atoms with Crippen molar-refractivity contribution < 1.29 is 14.3 Å². The molecule has 0 bridgehead atoms. The number of carbonyl (C=O) groups is 1. The SMILES string of the molecule is C#CC1CC(=O)N(CCc2cccc3c2OCO3)C1. The average molecular weight is 257 g/mol. The van der Waals surface area contributed by atoms with Gasteiger partial charge in [-0.1, -0.05) is 12.1 Å². The Labute approximate surface area is 112 Å². The van der Waals surface area contributed by atoms with Gasteiger partial charge in [0.05, 0.1) is 0 Å². The number of para-hydroxylation sites is 1. The number of fused-ring (bicyclic) bond motifs is 1. The summed E-state index contributed by atoms with van der Waals surface area (Å²) in [5.41, 5.74) is 1.08. The summed E-state index contributed by atoms with van der Waals surface area (Å²) in [6, 6.07) is 5.84. The number of amides is 1. The van der Waals surface area contributed by atoms with Crippen LogP contribution in [0.3, 0.4) is 0 Å². The van der Waals surface area contributed by atoms with Gasteiger partial charge in [0.15, 0.2) is 11.5 Å². The van der Waals surface area contributed by atoms with Crippen LogP contribution in [-0.4, -0.2) is 30.7 Å². The fourth-order valence-corrected chi connectivity index (χ4v) is 2.54. The predicted molar refractivity (Wildman–Crippen MR) is 69.8 cm³/mol. The van der Waals surface area contributed by atoms with Gasteiger partial charge in [-0.2, -0.15) is 0 Å². The van der Waals surface area contributed by atoms with Crippen molar-refractivity contribution in [3.05, 3.63) is 23.8 Å². The molecule has 3 rings (SSSR count). The summed E-state index contributed by atoms with van der Waals surface area (Å²) in [6.07, 6.45) is 6.61. The molecular formula is C15H15NO3. The molecule has 2 heterocycles. The van der Waals surface area contributed by atoms with Crippen molar-refractivity contribution in [3.63, 3.8) is 0 Å². The molecule has 4 heteroatoms. The summed E-state index contributed by atoms with van der Waals surface area (Å²) >= 11 is 0. The molecule has 1 aromatic rings. The van der Waals surface area contributed by atoms with Crippen molar-refractivity contribution in [2.24, 2.45) is 5.92 Å². The maximum absolute atomic E-state index is 11.8. The molecule has 1 unspecified atom stereocenters. The average Bonchev–Trinajstić information content (AvgIpc) is 3.02. The molecule has 19 heavy (non-hydrogen) atoms. The number of terminal acetylenes is 1. The van der Waals surface area contributed by atoms with Crippen LogP contribution < -0.4 is 9.47 Å². The second-order valence-corrected chi connectivity index (χ2v) is 4.81. The van der Waals surface area contributed by atoms with Gasteiger partial charge in [-0.05, 0) is 18.1 Å². The predicted octanol–water partition coefficient (Wildman–Crippen LogP) is 1.44. The van der Waals surface area contributed by atoms with Crippen molar-refractivity contribution >= 4 is 5.91 Å². The van der Waals surface area contributed by atoms with Gasteiger partial charge in [0.1, 0.15) is 0 Å². The van der Waals surface area contributed by atoms with E-state index in [0.717, 1.165) is 23.5 Å². The van der Waals surface area contributed by atoms with Gasteiger partial charge in [-0.25, -0.2) is 0 Å². The third kappa shape index (κ3) is 2.24. The van der Waals surface area contributed by atoms with Gasteiger partial charge < -0.3 is 14.4 Å². The second-order valence-electron chi connectivity index (χ2n) is 4.81. The van der Waals surface area contributed by atoms with E-state index in [0.29, 0.717) is 19.5 Å². The van der Waals surface area contributed by atoms with E-state index >= 15 is 0 Å². The number of likely N-dealkylation sites (tertiary alicyclic amines) is 1. The van der Waals surface area contributed by atoms with E-state index in [-0.39, 0.29) is 18.6 Å². The molecule has 1 fully saturated rings. The monoisotopic (exact) mass is 257 g/mol. The summed E-state index contributed by atoms with van der Waals surface area (Å²) in [6.45, 7) is 1.62. The summed E-state index contributed by atoms with van der Waals surface area (Å²) in [4.78, 5) is 13.6. The van der Waals surface area contributed by atoms with Gasteiger partial charge in [-0.3, -0.25) is 4.79 Å². The molecule has 0 saturated carbocycles. The van der Waals surface area contributed by atoms with Crippen molar-refractivity contribution in [1.29, 1.82) is 0 Å². The molecule has 2 aliphatic heterocycles. The molecule has 1 saturated heterocycles. The highest BCUT2D eigenvalue weighted by Gasteiger charge is 2.28. The quantitative estimate of drug-likeness (QED) is 0.769. The van der Waals surface area contributed by atoms with E-state index in [4.69, 9.17) is 15.9 Å². The van der Waals surface area contributed by atoms with Crippen LogP contribution in [0.5, 0.6) is 11.5 Å². The molecule has 0 radical (unpaired) electrons. The molecule has 0 N–H and O–H groups in total. The summed E-state index contributed by atoms with van der Waals surface area (Å²) in [5.74, 6) is 4.46. The first-order chi connectivity index (χ1) is 9.28. The number of carbonyl (C=O) groups excluding carboxylic acids is 1. The minimum absolute atomic E-state index is 0.0635. The van der Waals surface area contributed by atoms with E-state index in [1.54, 1.807) is 0 Å². The van der Waals surface area contributed by atoms with Gasteiger partial charge in [0.2, 0.25) is 12.7 Å². The van der Waals surface area contributed by atoms with Crippen molar-refractivity contribution in [1.82, 2.24) is 4.90 Å². The smallest absolute Gasteiger partial charge is 0.231 e. The van der Waals surface area contributed by atoms with E-state index in [1.807, 2.05) is 23.1 Å². The molecule has 1 aromatic carbocycles. The molecule has 1 amide bonds. The van der Waals surface area contributed by atoms with Gasteiger partial charge in [-0.15, -0.1) is 12.3 Å². The number of hydrogen-bond donors (Lipinski definition) is 0. The first kappa shape index (κ1) is 11.9. The summed E-state index contributed by atoms with van der Waals surface area (Å²) in [7, 11) is 0. The van der Waals surface area contributed by atoms with Gasteiger partial charge in [0.25, 0.3) is 0 Å². The number of rotatable bonds is 3. The van der Waals surface area contributed by atoms with Gasteiger partial charge >= 0.3 is 0 Å². The van der Waals surface area contributed by atoms with E-state index in [9.17, 15) is 4.79 Å². The van der Waals surface area contributed by atoms with Crippen LogP contribution in [0.25, 0.3) is 0 Å². The summed E-state index contributed by atoms with van der Waals surface area (Å²) < 4.78 is 10.8. The maximum atomic E-state index is 11.8. The zero-order valence-corrected chi connectivity index (χ0v) is 10.6. The fraction of sp³-hybridized carbons (Fsp3) is 0.400. The Balaban J connectivity index is 1.66. The number of hydrogen-bond acceptors (Lipinski definition) is 3. The highest BCUT2D eigenvalue weighted by Crippen LogP contribution is 2.35. The van der Waals surface area contributed by atoms with Gasteiger partial charge in [0, 0.05) is 25.4 Å². The van der Waals surface area contributed by atoms with Crippen LogP contribution in [0.4, 0.5) is 0 Å². The van der Waals surface area contributed by atoms with Crippen LogP contribution in [-0.2, 0) is 11.2 Å². The number of nitrogens with zero attached hydrogens (tertiary/aromatic N) is 1. The van der Waals surface area contributed by atoms with Crippen LogP contribution >= 0.6 is 0 Å². The van der Waals surface area contributed by atoms with Crippen molar-refractivity contribution in [2.45, 2.75) is 12.8 Å². The highest BCUT2D eigenvalue weighted by molar-refractivity contribution is 5.79. The third-order valence-electron chi connectivity index (χ3n) is 3.58. The Morgan fingerprint density at radius 2 is 2.32 bits per heavy atom. The normalized spacial score (nSPS) is 20.7. The minimum Gasteiger partial charge on any atom is -0.454 e. The Morgan fingerprint density at radius 3 is 3.11 bits per heavy atom. The largest absolute Gasteiger partial charge is 0.454 e. The molecule has 0 aromatic heterocycles. The second kappa shape index (κ2) is 4.85. The molecule has 2 aliphatic rings. The Morgan fingerprint density at radius 1 is 1.42 bits per heavy atom. The Bertz CT molecular complexity index is 547. The number of ether oxygens (including phenoxy) is 2. The van der Waals surface area contributed by atoms with E-state index in [1.165, 1.54) is 0 Å². The lowest BCUT2D eigenvalue weighted by atomic mass is 10.1. The standard InChI is InChI=1S/C15H15NO3/c1-2-11-8-14(17)16(9-11)7-6-12-4-3-5-13-15(12)19-10-18-13/h1,3-5,11H,6-10H2. The van der Waals surface area contributed by atoms with Crippen LogP contribution in [0, 0.1) is 18.3 Å². The van der Waals surface area contributed by atoms with E-state index < -0.39 is 0 Å². The first-order valence-corrected chi connectivity index (χ1v) is 6.39. The zero-order chi connectivity index (χ0) is 13.2. The van der Waals surface area contributed by atoms with Crippen molar-refractivity contribution in [2.75, 3.05) is 19.9 Å². The molecule has 98 valence electrons. The molecule has 0 spiro atoms.